The van der Waals surface area contributed by atoms with Gasteiger partial charge >= 0.3 is 23.9 Å². The average Bonchev–Trinajstić information content (AvgIpc) is 2.62. The fraction of sp³-hybridized carbons (Fsp3) is 0.235. The van der Waals surface area contributed by atoms with Crippen molar-refractivity contribution in [3.8, 4) is 5.75 Å². The normalized spacial score (nSPS) is 13.2. The Hall–Kier alpha value is -3.30. The maximum Gasteiger partial charge on any atom is 0.460 e. The number of hydrogen-bond acceptors (Lipinski definition) is 5. The second kappa shape index (κ2) is 8.39. The third-order valence-corrected chi connectivity index (χ3v) is 3.17. The second-order valence-corrected chi connectivity index (χ2v) is 5.11. The molecule has 27 heavy (non-hydrogen) atoms. The molecule has 0 aliphatic rings. The number of nitrogens with zero attached hydrogens (tertiary/aromatic N) is 1. The average molecular weight is 383 g/mol. The minimum absolute atomic E-state index is 0.0188. The molecule has 1 aromatic carbocycles. The van der Waals surface area contributed by atoms with E-state index in [1.54, 1.807) is 17.4 Å². The van der Waals surface area contributed by atoms with Gasteiger partial charge in [0.1, 0.15) is 11.6 Å². The topological polar surface area (TPSA) is 89.5 Å². The van der Waals surface area contributed by atoms with E-state index < -0.39 is 23.9 Å². The Bertz CT molecular complexity index is 772. The van der Waals surface area contributed by atoms with Gasteiger partial charge in [0.2, 0.25) is 0 Å². The van der Waals surface area contributed by atoms with Gasteiger partial charge in [-0.15, -0.1) is 0 Å². The maximum absolute atomic E-state index is 13.8. The summed E-state index contributed by atoms with van der Waals surface area (Å²) in [6.45, 7) is 0.980. The van der Waals surface area contributed by atoms with E-state index in [-0.39, 0.29) is 18.2 Å². The molecule has 0 saturated carbocycles. The number of aromatic nitrogens is 1. The summed E-state index contributed by atoms with van der Waals surface area (Å²) in [5.41, 5.74) is -3.75. The van der Waals surface area contributed by atoms with Gasteiger partial charge in [-0.1, -0.05) is 24.3 Å². The summed E-state index contributed by atoms with van der Waals surface area (Å²) in [6, 6.07) is 9.87. The van der Waals surface area contributed by atoms with Gasteiger partial charge in [0.15, 0.2) is 0 Å². The Balaban J connectivity index is 2.37. The van der Waals surface area contributed by atoms with E-state index >= 15 is 0 Å². The Morgan fingerprint density at radius 2 is 1.74 bits per heavy atom. The zero-order valence-corrected chi connectivity index (χ0v) is 14.1. The van der Waals surface area contributed by atoms with E-state index in [4.69, 9.17) is 4.74 Å². The van der Waals surface area contributed by atoms with Crippen LogP contribution in [0.5, 0.6) is 5.75 Å². The van der Waals surface area contributed by atoms with Gasteiger partial charge in [-0.3, -0.25) is 10.6 Å². The SMILES string of the molecule is CCOC(=O)[C@@](NC(=O)Nc1ccccn1)(Oc1ccccc1)C(F)(F)F. The highest BCUT2D eigenvalue weighted by Gasteiger charge is 2.66. The number of carbonyl (C=O) groups excluding carboxylic acids is 2. The summed E-state index contributed by atoms with van der Waals surface area (Å²) in [4.78, 5) is 28.1. The number of pyridine rings is 1. The highest BCUT2D eigenvalue weighted by Crippen LogP contribution is 2.34. The molecule has 0 spiro atoms. The number of amides is 2. The standard InChI is InChI=1S/C17H16F3N3O4/c1-2-26-14(24)16(17(18,19)20,27-12-8-4-3-5-9-12)23-15(25)22-13-10-6-7-11-21-13/h3-11H,2H2,1H3,(H2,21,22,23,25)/t16-/m1/s1. The molecule has 0 aliphatic heterocycles. The molecule has 2 N–H and O–H groups in total. The molecular weight excluding hydrogens is 367 g/mol. The molecule has 2 aromatic rings. The summed E-state index contributed by atoms with van der Waals surface area (Å²) in [5, 5.41) is 3.64. The highest BCUT2D eigenvalue weighted by atomic mass is 19.4. The molecule has 0 aliphatic carbocycles. The van der Waals surface area contributed by atoms with Crippen LogP contribution in [0.1, 0.15) is 6.92 Å². The number of carbonyl (C=O) groups is 2. The number of esters is 1. The fourth-order valence-corrected chi connectivity index (χ4v) is 2.00. The Morgan fingerprint density at radius 3 is 2.30 bits per heavy atom. The summed E-state index contributed by atoms with van der Waals surface area (Å²) >= 11 is 0. The van der Waals surface area contributed by atoms with Crippen LogP contribution in [-0.4, -0.2) is 35.5 Å². The number of halogens is 3. The molecule has 0 unspecified atom stereocenters. The maximum atomic E-state index is 13.8. The molecule has 1 aromatic heterocycles. The van der Waals surface area contributed by atoms with Crippen LogP contribution in [0.2, 0.25) is 0 Å². The van der Waals surface area contributed by atoms with Crippen molar-refractivity contribution in [1.82, 2.24) is 10.3 Å². The Kier molecular flexibility index (Phi) is 6.22. The fourth-order valence-electron chi connectivity index (χ4n) is 2.00. The van der Waals surface area contributed by atoms with Crippen molar-refractivity contribution in [2.24, 2.45) is 0 Å². The van der Waals surface area contributed by atoms with Gasteiger partial charge in [-0.25, -0.2) is 14.6 Å². The third-order valence-electron chi connectivity index (χ3n) is 3.17. The Labute approximate surface area is 152 Å². The number of hydrogen-bond donors (Lipinski definition) is 2. The van der Waals surface area contributed by atoms with Crippen LogP contribution in [0.15, 0.2) is 54.7 Å². The van der Waals surface area contributed by atoms with E-state index in [1.165, 1.54) is 49.5 Å². The van der Waals surface area contributed by atoms with Crippen molar-refractivity contribution < 1.29 is 32.2 Å². The highest BCUT2D eigenvalue weighted by molar-refractivity contribution is 5.93. The second-order valence-electron chi connectivity index (χ2n) is 5.11. The molecule has 1 heterocycles. The predicted molar refractivity (Wildman–Crippen MR) is 88.9 cm³/mol. The summed E-state index contributed by atoms with van der Waals surface area (Å²) < 4.78 is 51.0. The van der Waals surface area contributed by atoms with E-state index in [0.29, 0.717) is 0 Å². The monoisotopic (exact) mass is 383 g/mol. The van der Waals surface area contributed by atoms with Gasteiger partial charge in [0, 0.05) is 6.20 Å². The van der Waals surface area contributed by atoms with Crippen LogP contribution in [0.4, 0.5) is 23.8 Å². The molecule has 0 bridgehead atoms. The smallest absolute Gasteiger partial charge is 0.460 e. The van der Waals surface area contributed by atoms with Crippen LogP contribution < -0.4 is 15.4 Å². The zero-order valence-electron chi connectivity index (χ0n) is 14.1. The van der Waals surface area contributed by atoms with E-state index in [2.05, 4.69) is 15.0 Å². The van der Waals surface area contributed by atoms with Crippen LogP contribution in [-0.2, 0) is 9.53 Å². The molecule has 2 amide bonds. The largest absolute Gasteiger partial charge is 0.461 e. The zero-order chi connectivity index (χ0) is 19.9. The minimum atomic E-state index is -5.32. The van der Waals surface area contributed by atoms with Crippen LogP contribution >= 0.6 is 0 Å². The lowest BCUT2D eigenvalue weighted by Gasteiger charge is -2.33. The first-order valence-corrected chi connectivity index (χ1v) is 7.76. The van der Waals surface area contributed by atoms with E-state index in [1.807, 2.05) is 0 Å². The number of ether oxygens (including phenoxy) is 2. The summed E-state index contributed by atoms with van der Waals surface area (Å²) in [6.07, 6.45) is -3.99. The molecule has 10 heteroatoms. The van der Waals surface area contributed by atoms with Crippen molar-refractivity contribution in [3.63, 3.8) is 0 Å². The molecular formula is C17H16F3N3O4. The summed E-state index contributed by atoms with van der Waals surface area (Å²) in [5.74, 6) is -2.12. The van der Waals surface area contributed by atoms with Gasteiger partial charge in [0.05, 0.1) is 6.61 Å². The number of alkyl halides is 3. The number of nitrogens with one attached hydrogen (secondary N) is 2. The van der Waals surface area contributed by atoms with E-state index in [0.717, 1.165) is 0 Å². The van der Waals surface area contributed by atoms with Gasteiger partial charge < -0.3 is 9.47 Å². The first-order chi connectivity index (χ1) is 12.8. The quantitative estimate of drug-likeness (QED) is 0.591. The predicted octanol–water partition coefficient (Wildman–Crippen LogP) is 3.10. The number of para-hydroxylation sites is 1. The molecule has 0 fully saturated rings. The molecule has 2 rings (SSSR count). The van der Waals surface area contributed by atoms with Crippen LogP contribution in [0, 0.1) is 0 Å². The molecule has 0 radical (unpaired) electrons. The van der Waals surface area contributed by atoms with E-state index in [9.17, 15) is 22.8 Å². The molecule has 144 valence electrons. The molecule has 1 atom stereocenters. The Morgan fingerprint density at radius 1 is 1.07 bits per heavy atom. The molecule has 7 nitrogen and oxygen atoms in total. The first-order valence-electron chi connectivity index (χ1n) is 7.76. The lowest BCUT2D eigenvalue weighted by atomic mass is 10.2. The number of benzene rings is 1. The first kappa shape index (κ1) is 20.0. The van der Waals surface area contributed by atoms with Crippen molar-refractivity contribution in [3.05, 3.63) is 54.7 Å². The van der Waals surface area contributed by atoms with Crippen molar-refractivity contribution in [1.29, 1.82) is 0 Å². The lowest BCUT2D eigenvalue weighted by molar-refractivity contribution is -0.259. The number of rotatable bonds is 6. The number of urea groups is 1. The van der Waals surface area contributed by atoms with Gasteiger partial charge in [0.25, 0.3) is 0 Å². The van der Waals surface area contributed by atoms with Gasteiger partial charge in [-0.05, 0) is 31.2 Å². The van der Waals surface area contributed by atoms with Gasteiger partial charge in [-0.2, -0.15) is 13.2 Å². The van der Waals surface area contributed by atoms with Crippen molar-refractivity contribution in [2.75, 3.05) is 11.9 Å². The third kappa shape index (κ3) is 4.87. The number of anilines is 1. The minimum Gasteiger partial charge on any atom is -0.461 e. The lowest BCUT2D eigenvalue weighted by Crippen LogP contribution is -2.69. The summed E-state index contributed by atoms with van der Waals surface area (Å²) in [7, 11) is 0. The molecule has 0 saturated heterocycles. The van der Waals surface area contributed by atoms with Crippen molar-refractivity contribution in [2.45, 2.75) is 18.8 Å². The van der Waals surface area contributed by atoms with Crippen molar-refractivity contribution >= 4 is 17.8 Å². The van der Waals surface area contributed by atoms with Crippen LogP contribution in [0.25, 0.3) is 0 Å². The van der Waals surface area contributed by atoms with Crippen LogP contribution in [0.3, 0.4) is 0 Å².